The van der Waals surface area contributed by atoms with Gasteiger partial charge in [-0.1, -0.05) is 12.8 Å². The summed E-state index contributed by atoms with van der Waals surface area (Å²) in [6.07, 6.45) is 4.35. The van der Waals surface area contributed by atoms with Crippen LogP contribution in [0.25, 0.3) is 0 Å². The Morgan fingerprint density at radius 3 is 2.37 bits per heavy atom. The lowest BCUT2D eigenvalue weighted by Gasteiger charge is -2.36. The monoisotopic (exact) mass is 492 g/mol. The Kier molecular flexibility index (Phi) is 11.1. The molecule has 0 bridgehead atoms. The third-order valence-corrected chi connectivity index (χ3v) is 4.59. The molecule has 0 unspecified atom stereocenters. The Labute approximate surface area is 178 Å². The molecular formula is C19H30FIN4O2. The van der Waals surface area contributed by atoms with Crippen molar-refractivity contribution in [3.8, 4) is 0 Å². The maximum absolute atomic E-state index is 13.0. The summed E-state index contributed by atoms with van der Waals surface area (Å²) >= 11 is 0. The summed E-state index contributed by atoms with van der Waals surface area (Å²) in [4.78, 5) is 19.8. The summed E-state index contributed by atoms with van der Waals surface area (Å²) in [5.74, 6) is 0.236. The number of rotatable bonds is 8. The molecule has 2 rings (SSSR count). The summed E-state index contributed by atoms with van der Waals surface area (Å²) < 4.78 is 17.6. The van der Waals surface area contributed by atoms with Crippen molar-refractivity contribution in [1.82, 2.24) is 4.90 Å². The smallest absolute Gasteiger partial charge is 0.305 e. The van der Waals surface area contributed by atoms with Gasteiger partial charge in [-0.2, -0.15) is 0 Å². The molecule has 0 saturated carbocycles. The molecule has 0 spiro atoms. The van der Waals surface area contributed by atoms with Crippen LogP contribution in [0, 0.1) is 5.82 Å². The van der Waals surface area contributed by atoms with Crippen LogP contribution in [0.1, 0.15) is 32.1 Å². The quantitative estimate of drug-likeness (QED) is 0.199. The van der Waals surface area contributed by atoms with Gasteiger partial charge in [-0.25, -0.2) is 4.39 Å². The van der Waals surface area contributed by atoms with E-state index in [1.165, 1.54) is 19.2 Å². The number of unbranched alkanes of at least 4 members (excludes halogenated alkanes) is 3. The highest BCUT2D eigenvalue weighted by Crippen LogP contribution is 2.16. The standard InChI is InChI=1S/C19H29FN4O2.HI/c1-26-18(25)6-4-2-3-5-11-22-19(21)24-14-12-23(13-15-24)17-9-7-16(20)8-10-17;/h7-10H,2-6,11-15H2,1H3,(H2,21,22);1H. The van der Waals surface area contributed by atoms with E-state index in [1.54, 1.807) is 0 Å². The zero-order valence-corrected chi connectivity index (χ0v) is 18.2. The number of ether oxygens (including phenoxy) is 1. The van der Waals surface area contributed by atoms with Crippen molar-refractivity contribution in [2.24, 2.45) is 10.7 Å². The van der Waals surface area contributed by atoms with E-state index in [1.807, 2.05) is 12.1 Å². The Morgan fingerprint density at radius 1 is 1.11 bits per heavy atom. The summed E-state index contributed by atoms with van der Waals surface area (Å²) in [7, 11) is 1.42. The van der Waals surface area contributed by atoms with E-state index in [4.69, 9.17) is 5.73 Å². The number of carbonyl (C=O) groups excluding carboxylic acids is 1. The molecule has 8 heteroatoms. The van der Waals surface area contributed by atoms with Crippen LogP contribution in [-0.4, -0.2) is 56.7 Å². The van der Waals surface area contributed by atoms with Crippen molar-refractivity contribution in [3.63, 3.8) is 0 Å². The fraction of sp³-hybridized carbons (Fsp3) is 0.579. The van der Waals surface area contributed by atoms with Gasteiger partial charge in [0.2, 0.25) is 0 Å². The van der Waals surface area contributed by atoms with Gasteiger partial charge in [0.1, 0.15) is 5.82 Å². The van der Waals surface area contributed by atoms with E-state index in [0.717, 1.165) is 57.5 Å². The number of anilines is 1. The van der Waals surface area contributed by atoms with Crippen LogP contribution in [0.15, 0.2) is 29.3 Å². The molecule has 1 saturated heterocycles. The van der Waals surface area contributed by atoms with Crippen molar-refractivity contribution in [3.05, 3.63) is 30.1 Å². The first-order valence-electron chi connectivity index (χ1n) is 9.22. The van der Waals surface area contributed by atoms with Gasteiger partial charge in [0.15, 0.2) is 5.96 Å². The van der Waals surface area contributed by atoms with E-state index in [9.17, 15) is 9.18 Å². The van der Waals surface area contributed by atoms with Gasteiger partial charge < -0.3 is 20.3 Å². The number of aliphatic imine (C=N–C) groups is 1. The summed E-state index contributed by atoms with van der Waals surface area (Å²) in [6, 6.07) is 6.59. The Morgan fingerprint density at radius 2 is 1.74 bits per heavy atom. The number of piperazine rings is 1. The highest BCUT2D eigenvalue weighted by Gasteiger charge is 2.18. The van der Waals surface area contributed by atoms with E-state index in [0.29, 0.717) is 18.9 Å². The van der Waals surface area contributed by atoms with Crippen LogP contribution in [0.3, 0.4) is 0 Å². The summed E-state index contributed by atoms with van der Waals surface area (Å²) in [5, 5.41) is 0. The highest BCUT2D eigenvalue weighted by molar-refractivity contribution is 14.0. The maximum atomic E-state index is 13.0. The maximum Gasteiger partial charge on any atom is 0.305 e. The summed E-state index contributed by atoms with van der Waals surface area (Å²) in [5.41, 5.74) is 7.13. The lowest BCUT2D eigenvalue weighted by atomic mass is 10.1. The second-order valence-corrected chi connectivity index (χ2v) is 6.43. The number of esters is 1. The van der Waals surface area contributed by atoms with Crippen LogP contribution < -0.4 is 10.6 Å². The molecule has 0 atom stereocenters. The molecule has 0 aromatic heterocycles. The molecule has 27 heavy (non-hydrogen) atoms. The van der Waals surface area contributed by atoms with Crippen molar-refractivity contribution < 1.29 is 13.9 Å². The van der Waals surface area contributed by atoms with Crippen LogP contribution in [0.4, 0.5) is 10.1 Å². The SMILES string of the molecule is COC(=O)CCCCCCN=C(N)N1CCN(c2ccc(F)cc2)CC1.I. The number of hydrogen-bond donors (Lipinski definition) is 1. The number of nitrogens with zero attached hydrogens (tertiary/aromatic N) is 3. The van der Waals surface area contributed by atoms with E-state index in [-0.39, 0.29) is 35.8 Å². The number of benzene rings is 1. The van der Waals surface area contributed by atoms with Gasteiger partial charge in [-0.3, -0.25) is 9.79 Å². The van der Waals surface area contributed by atoms with E-state index in [2.05, 4.69) is 19.5 Å². The molecule has 1 aliphatic heterocycles. The van der Waals surface area contributed by atoms with Crippen LogP contribution in [0.2, 0.25) is 0 Å². The second kappa shape index (κ2) is 12.7. The molecule has 6 nitrogen and oxygen atoms in total. The second-order valence-electron chi connectivity index (χ2n) is 6.43. The molecule has 1 fully saturated rings. The minimum Gasteiger partial charge on any atom is -0.469 e. The van der Waals surface area contributed by atoms with E-state index < -0.39 is 0 Å². The number of methoxy groups -OCH3 is 1. The lowest BCUT2D eigenvalue weighted by molar-refractivity contribution is -0.140. The lowest BCUT2D eigenvalue weighted by Crippen LogP contribution is -2.51. The predicted octanol–water partition coefficient (Wildman–Crippen LogP) is 3.00. The highest BCUT2D eigenvalue weighted by atomic mass is 127. The van der Waals surface area contributed by atoms with Crippen LogP contribution in [0.5, 0.6) is 0 Å². The fourth-order valence-electron chi connectivity index (χ4n) is 2.98. The predicted molar refractivity (Wildman–Crippen MR) is 117 cm³/mol. The fourth-order valence-corrected chi connectivity index (χ4v) is 2.98. The molecule has 1 aromatic carbocycles. The first kappa shape index (κ1) is 23.5. The van der Waals surface area contributed by atoms with Crippen molar-refractivity contribution in [2.45, 2.75) is 32.1 Å². The van der Waals surface area contributed by atoms with Gasteiger partial charge in [0, 0.05) is 44.8 Å². The van der Waals surface area contributed by atoms with Crippen LogP contribution >= 0.6 is 24.0 Å². The Hall–Kier alpha value is -1.58. The van der Waals surface area contributed by atoms with E-state index >= 15 is 0 Å². The summed E-state index contributed by atoms with van der Waals surface area (Å²) in [6.45, 7) is 4.02. The zero-order chi connectivity index (χ0) is 18.8. The molecule has 2 N–H and O–H groups in total. The number of carbonyl (C=O) groups is 1. The number of hydrogen-bond acceptors (Lipinski definition) is 4. The number of halogens is 2. The van der Waals surface area contributed by atoms with Crippen molar-refractivity contribution in [1.29, 1.82) is 0 Å². The molecule has 0 radical (unpaired) electrons. The first-order valence-corrected chi connectivity index (χ1v) is 9.22. The molecule has 1 aromatic rings. The van der Waals surface area contributed by atoms with Crippen LogP contribution in [-0.2, 0) is 9.53 Å². The molecule has 0 aliphatic carbocycles. The molecule has 1 heterocycles. The zero-order valence-electron chi connectivity index (χ0n) is 15.9. The topological polar surface area (TPSA) is 71.2 Å². The van der Waals surface area contributed by atoms with Gasteiger partial charge in [-0.15, -0.1) is 24.0 Å². The minimum atomic E-state index is -0.214. The number of guanidine groups is 1. The van der Waals surface area contributed by atoms with Gasteiger partial charge in [-0.05, 0) is 37.1 Å². The number of nitrogens with two attached hydrogens (primary N) is 1. The van der Waals surface area contributed by atoms with Gasteiger partial charge >= 0.3 is 5.97 Å². The first-order chi connectivity index (χ1) is 12.6. The molecular weight excluding hydrogens is 462 g/mol. The van der Waals surface area contributed by atoms with Crippen molar-refractivity contribution >= 4 is 41.6 Å². The minimum absolute atomic E-state index is 0. The normalized spacial score (nSPS) is 14.7. The average Bonchev–Trinajstić information content (AvgIpc) is 2.67. The van der Waals surface area contributed by atoms with Gasteiger partial charge in [0.25, 0.3) is 0 Å². The average molecular weight is 492 g/mol. The van der Waals surface area contributed by atoms with Gasteiger partial charge in [0.05, 0.1) is 7.11 Å². The largest absolute Gasteiger partial charge is 0.469 e. The molecule has 152 valence electrons. The molecule has 1 aliphatic rings. The third-order valence-electron chi connectivity index (χ3n) is 4.59. The Balaban J connectivity index is 0.00000364. The molecule has 0 amide bonds. The third kappa shape index (κ3) is 8.32. The van der Waals surface area contributed by atoms with Crippen molar-refractivity contribution in [2.75, 3.05) is 44.7 Å². The Bertz CT molecular complexity index is 590.